The molecule has 0 unspecified atom stereocenters. The van der Waals surface area contributed by atoms with E-state index >= 15 is 0 Å². The van der Waals surface area contributed by atoms with Gasteiger partial charge in [-0.15, -0.1) is 0 Å². The van der Waals surface area contributed by atoms with Crippen molar-refractivity contribution in [2.75, 3.05) is 66.6 Å². The fourth-order valence-corrected chi connectivity index (χ4v) is 3.71. The van der Waals surface area contributed by atoms with E-state index in [0.29, 0.717) is 18.0 Å². The number of hydrogen-bond donors (Lipinski definition) is 1. The Morgan fingerprint density at radius 1 is 0.839 bits per heavy atom. The van der Waals surface area contributed by atoms with Crippen LogP contribution in [-0.2, 0) is 6.54 Å². The van der Waals surface area contributed by atoms with Crippen LogP contribution in [0.5, 0.6) is 23.0 Å². The molecule has 31 heavy (non-hydrogen) atoms. The smallest absolute Gasteiger partial charge is 0.194 e. The summed E-state index contributed by atoms with van der Waals surface area (Å²) in [5.74, 6) is 3.79. The average Bonchev–Trinajstić information content (AvgIpc) is 2.84. The molecule has 0 saturated carbocycles. The highest BCUT2D eigenvalue weighted by molar-refractivity contribution is 5.80. The Kier molecular flexibility index (Phi) is 7.70. The summed E-state index contributed by atoms with van der Waals surface area (Å²) in [6, 6.07) is 12.0. The number of nitrogens with zero attached hydrogens (tertiary/aromatic N) is 3. The van der Waals surface area contributed by atoms with Crippen LogP contribution in [-0.4, -0.2) is 72.5 Å². The molecule has 1 heterocycles. The van der Waals surface area contributed by atoms with Gasteiger partial charge in [-0.3, -0.25) is 4.99 Å². The van der Waals surface area contributed by atoms with Crippen LogP contribution in [0.4, 0.5) is 5.69 Å². The first-order chi connectivity index (χ1) is 15.1. The van der Waals surface area contributed by atoms with E-state index in [1.54, 1.807) is 28.4 Å². The predicted octanol–water partition coefficient (Wildman–Crippen LogP) is 2.62. The number of benzene rings is 2. The van der Waals surface area contributed by atoms with Crippen molar-refractivity contribution < 1.29 is 18.9 Å². The summed E-state index contributed by atoms with van der Waals surface area (Å²) in [6.45, 7) is 4.18. The minimum absolute atomic E-state index is 0.564. The van der Waals surface area contributed by atoms with Crippen molar-refractivity contribution >= 4 is 11.6 Å². The molecule has 0 amide bonds. The first kappa shape index (κ1) is 22.4. The molecule has 1 N–H and O–H groups in total. The van der Waals surface area contributed by atoms with E-state index in [-0.39, 0.29) is 0 Å². The van der Waals surface area contributed by atoms with Gasteiger partial charge in [0.2, 0.25) is 0 Å². The molecule has 1 fully saturated rings. The van der Waals surface area contributed by atoms with Crippen LogP contribution in [0.25, 0.3) is 0 Å². The van der Waals surface area contributed by atoms with Crippen molar-refractivity contribution in [3.8, 4) is 23.0 Å². The first-order valence-electron chi connectivity index (χ1n) is 10.3. The Labute approximate surface area is 184 Å². The molecule has 0 spiro atoms. The van der Waals surface area contributed by atoms with Crippen LogP contribution in [0, 0.1) is 0 Å². The van der Waals surface area contributed by atoms with Crippen molar-refractivity contribution in [3.05, 3.63) is 42.0 Å². The van der Waals surface area contributed by atoms with Gasteiger partial charge in [0.05, 0.1) is 28.4 Å². The number of guanidine groups is 1. The van der Waals surface area contributed by atoms with E-state index in [9.17, 15) is 0 Å². The maximum Gasteiger partial charge on any atom is 0.194 e. The van der Waals surface area contributed by atoms with Gasteiger partial charge in [-0.1, -0.05) is 0 Å². The third-order valence-corrected chi connectivity index (χ3v) is 5.45. The molecule has 2 aromatic rings. The van der Waals surface area contributed by atoms with Crippen molar-refractivity contribution in [1.82, 2.24) is 10.2 Å². The van der Waals surface area contributed by atoms with Crippen molar-refractivity contribution in [2.45, 2.75) is 6.54 Å². The molecule has 8 nitrogen and oxygen atoms in total. The number of piperazine rings is 1. The fraction of sp³-hybridized carbons (Fsp3) is 0.435. The van der Waals surface area contributed by atoms with E-state index in [0.717, 1.165) is 49.2 Å². The lowest BCUT2D eigenvalue weighted by Crippen LogP contribution is -2.52. The van der Waals surface area contributed by atoms with Crippen LogP contribution in [0.3, 0.4) is 0 Å². The maximum absolute atomic E-state index is 5.53. The fourth-order valence-electron chi connectivity index (χ4n) is 3.71. The summed E-state index contributed by atoms with van der Waals surface area (Å²) in [7, 11) is 8.39. The summed E-state index contributed by atoms with van der Waals surface area (Å²) in [5, 5.41) is 3.45. The lowest BCUT2D eigenvalue weighted by atomic mass is 10.1. The molecule has 0 radical (unpaired) electrons. The molecule has 3 rings (SSSR count). The van der Waals surface area contributed by atoms with Gasteiger partial charge in [-0.05, 0) is 30.3 Å². The highest BCUT2D eigenvalue weighted by Gasteiger charge is 2.20. The molecule has 0 aromatic heterocycles. The van der Waals surface area contributed by atoms with Gasteiger partial charge in [-0.25, -0.2) is 0 Å². The number of hydrogen-bond acceptors (Lipinski definition) is 6. The summed E-state index contributed by atoms with van der Waals surface area (Å²) < 4.78 is 21.6. The number of ether oxygens (including phenoxy) is 4. The zero-order chi connectivity index (χ0) is 22.2. The molecular weight excluding hydrogens is 396 g/mol. The number of nitrogens with one attached hydrogen (secondary N) is 1. The van der Waals surface area contributed by atoms with E-state index < -0.39 is 0 Å². The minimum atomic E-state index is 0.564. The topological polar surface area (TPSA) is 67.8 Å². The number of anilines is 1. The van der Waals surface area contributed by atoms with Gasteiger partial charge in [-0.2, -0.15) is 0 Å². The Balaban J connectivity index is 1.61. The van der Waals surface area contributed by atoms with Crippen molar-refractivity contribution in [1.29, 1.82) is 0 Å². The SMILES string of the molecule is CN=C(NCc1cc(OC)c(OC)cc1OC)N1CCN(c2ccc(OC)cc2)CC1. The van der Waals surface area contributed by atoms with Gasteiger partial charge >= 0.3 is 0 Å². The highest BCUT2D eigenvalue weighted by atomic mass is 16.5. The molecule has 8 heteroatoms. The lowest BCUT2D eigenvalue weighted by Gasteiger charge is -2.37. The quantitative estimate of drug-likeness (QED) is 0.537. The number of rotatable bonds is 7. The second-order valence-corrected chi connectivity index (χ2v) is 7.09. The Hall–Kier alpha value is -3.29. The van der Waals surface area contributed by atoms with Gasteiger partial charge in [0, 0.05) is 57.1 Å². The molecule has 1 aliphatic rings. The van der Waals surface area contributed by atoms with Gasteiger partial charge in [0.25, 0.3) is 0 Å². The Morgan fingerprint density at radius 3 is 2.00 bits per heavy atom. The van der Waals surface area contributed by atoms with E-state index in [1.807, 2.05) is 31.3 Å². The predicted molar refractivity (Wildman–Crippen MR) is 123 cm³/mol. The van der Waals surface area contributed by atoms with E-state index in [4.69, 9.17) is 18.9 Å². The Morgan fingerprint density at radius 2 is 1.45 bits per heavy atom. The zero-order valence-corrected chi connectivity index (χ0v) is 19.0. The molecule has 168 valence electrons. The molecule has 1 aliphatic heterocycles. The number of methoxy groups -OCH3 is 4. The summed E-state index contributed by atoms with van der Waals surface area (Å²) in [6.07, 6.45) is 0. The summed E-state index contributed by atoms with van der Waals surface area (Å²) in [5.41, 5.74) is 2.18. The molecule has 0 aliphatic carbocycles. The van der Waals surface area contributed by atoms with Gasteiger partial charge in [0.1, 0.15) is 11.5 Å². The van der Waals surface area contributed by atoms with Crippen molar-refractivity contribution in [2.24, 2.45) is 4.99 Å². The lowest BCUT2D eigenvalue weighted by molar-refractivity contribution is 0.346. The van der Waals surface area contributed by atoms with Gasteiger partial charge < -0.3 is 34.1 Å². The molecule has 0 bridgehead atoms. The third kappa shape index (κ3) is 5.25. The second kappa shape index (κ2) is 10.7. The largest absolute Gasteiger partial charge is 0.497 e. The van der Waals surface area contributed by atoms with E-state index in [2.05, 4.69) is 32.2 Å². The van der Waals surface area contributed by atoms with E-state index in [1.165, 1.54) is 5.69 Å². The van der Waals surface area contributed by atoms with Crippen LogP contribution in [0.2, 0.25) is 0 Å². The van der Waals surface area contributed by atoms with Gasteiger partial charge in [0.15, 0.2) is 17.5 Å². The highest BCUT2D eigenvalue weighted by Crippen LogP contribution is 2.34. The van der Waals surface area contributed by atoms with Crippen LogP contribution in [0.1, 0.15) is 5.56 Å². The maximum atomic E-state index is 5.53. The summed E-state index contributed by atoms with van der Waals surface area (Å²) >= 11 is 0. The van der Waals surface area contributed by atoms with Crippen LogP contribution in [0.15, 0.2) is 41.4 Å². The normalized spacial score (nSPS) is 14.3. The third-order valence-electron chi connectivity index (χ3n) is 5.45. The average molecular weight is 429 g/mol. The van der Waals surface area contributed by atoms with Crippen LogP contribution >= 0.6 is 0 Å². The Bertz CT molecular complexity index is 878. The molecule has 1 saturated heterocycles. The molecule has 2 aromatic carbocycles. The summed E-state index contributed by atoms with van der Waals surface area (Å²) in [4.78, 5) is 9.13. The first-order valence-corrected chi connectivity index (χ1v) is 10.3. The molecule has 0 atom stereocenters. The number of aliphatic imine (C=N–C) groups is 1. The standard InChI is InChI=1S/C23H32N4O4/c1-24-23(25-16-17-14-21(30-4)22(31-5)15-20(17)29-3)27-12-10-26(11-13-27)18-6-8-19(28-2)9-7-18/h6-9,14-15H,10-13,16H2,1-5H3,(H,24,25). The second-order valence-electron chi connectivity index (χ2n) is 7.09. The minimum Gasteiger partial charge on any atom is -0.497 e. The molecular formula is C23H32N4O4. The van der Waals surface area contributed by atoms with Crippen molar-refractivity contribution in [3.63, 3.8) is 0 Å². The monoisotopic (exact) mass is 428 g/mol. The zero-order valence-electron chi connectivity index (χ0n) is 19.0. The van der Waals surface area contributed by atoms with Crippen LogP contribution < -0.4 is 29.2 Å².